The second-order valence-corrected chi connectivity index (χ2v) is 3.92. The van der Waals surface area contributed by atoms with Crippen LogP contribution in [0.2, 0.25) is 0 Å². The van der Waals surface area contributed by atoms with Crippen molar-refractivity contribution in [3.05, 3.63) is 42.0 Å². The number of hydrogen-bond acceptors (Lipinski definition) is 3. The molecule has 0 aliphatic carbocycles. The Morgan fingerprint density at radius 3 is 2.78 bits per heavy atom. The fourth-order valence-corrected chi connectivity index (χ4v) is 1.61. The van der Waals surface area contributed by atoms with Crippen LogP contribution in [0, 0.1) is 0 Å². The number of hydrogen-bond donors (Lipinski definition) is 0. The van der Waals surface area contributed by atoms with Gasteiger partial charge in [-0.05, 0) is 44.0 Å². The van der Waals surface area contributed by atoms with E-state index in [0.717, 1.165) is 11.3 Å². The fourth-order valence-electron chi connectivity index (χ4n) is 1.61. The van der Waals surface area contributed by atoms with Gasteiger partial charge in [-0.1, -0.05) is 6.08 Å². The molecule has 3 nitrogen and oxygen atoms in total. The van der Waals surface area contributed by atoms with Crippen LogP contribution in [0.25, 0.3) is 0 Å². The van der Waals surface area contributed by atoms with Crippen molar-refractivity contribution < 1.29 is 14.3 Å². The Morgan fingerprint density at radius 2 is 2.17 bits per heavy atom. The summed E-state index contributed by atoms with van der Waals surface area (Å²) in [7, 11) is 0. The first kappa shape index (κ1) is 14.5. The van der Waals surface area contributed by atoms with Crippen molar-refractivity contribution in [2.75, 3.05) is 19.8 Å². The molecule has 0 bridgehead atoms. The van der Waals surface area contributed by atoms with Gasteiger partial charge < -0.3 is 9.47 Å². The standard InChI is InChI=1S/C15H20O3/c1-4-6-14-11-13(12(3)16)7-8-15(14)18-10-9-17-5-2/h4,7-8,11H,1,5-6,9-10H2,2-3H3. The lowest BCUT2D eigenvalue weighted by atomic mass is 10.0. The number of carbonyl (C=O) groups is 1. The van der Waals surface area contributed by atoms with Gasteiger partial charge in [0.05, 0.1) is 6.61 Å². The molecule has 1 aromatic carbocycles. The van der Waals surface area contributed by atoms with E-state index in [-0.39, 0.29) is 5.78 Å². The molecule has 0 amide bonds. The molecule has 0 atom stereocenters. The largest absolute Gasteiger partial charge is 0.491 e. The SMILES string of the molecule is C=CCc1cc(C(C)=O)ccc1OCCOCC. The zero-order chi connectivity index (χ0) is 13.4. The van der Waals surface area contributed by atoms with Gasteiger partial charge in [0, 0.05) is 12.2 Å². The molecule has 0 saturated heterocycles. The van der Waals surface area contributed by atoms with E-state index >= 15 is 0 Å². The summed E-state index contributed by atoms with van der Waals surface area (Å²) in [5.74, 6) is 0.848. The summed E-state index contributed by atoms with van der Waals surface area (Å²) in [6.45, 7) is 8.99. The highest BCUT2D eigenvalue weighted by atomic mass is 16.5. The Balaban J connectivity index is 2.76. The number of benzene rings is 1. The highest BCUT2D eigenvalue weighted by molar-refractivity contribution is 5.94. The Morgan fingerprint density at radius 1 is 1.39 bits per heavy atom. The summed E-state index contributed by atoms with van der Waals surface area (Å²) < 4.78 is 10.9. The summed E-state index contributed by atoms with van der Waals surface area (Å²) in [6, 6.07) is 5.48. The van der Waals surface area contributed by atoms with E-state index in [1.54, 1.807) is 19.1 Å². The number of allylic oxidation sites excluding steroid dienone is 1. The minimum Gasteiger partial charge on any atom is -0.491 e. The van der Waals surface area contributed by atoms with Crippen LogP contribution in [0.5, 0.6) is 5.75 Å². The maximum Gasteiger partial charge on any atom is 0.159 e. The average Bonchev–Trinajstić information content (AvgIpc) is 2.36. The molecule has 0 aliphatic rings. The van der Waals surface area contributed by atoms with Crippen molar-refractivity contribution in [2.24, 2.45) is 0 Å². The number of rotatable bonds is 8. The molecule has 0 unspecified atom stereocenters. The van der Waals surface area contributed by atoms with E-state index in [1.807, 2.05) is 19.1 Å². The molecule has 3 heteroatoms. The van der Waals surface area contributed by atoms with Gasteiger partial charge in [-0.15, -0.1) is 6.58 Å². The molecule has 0 aromatic heterocycles. The van der Waals surface area contributed by atoms with Crippen LogP contribution in [-0.4, -0.2) is 25.6 Å². The van der Waals surface area contributed by atoms with Crippen LogP contribution in [0.4, 0.5) is 0 Å². The molecule has 0 saturated carbocycles. The molecule has 1 rings (SSSR count). The maximum atomic E-state index is 11.3. The van der Waals surface area contributed by atoms with Crippen LogP contribution < -0.4 is 4.74 Å². The Hall–Kier alpha value is -1.61. The topological polar surface area (TPSA) is 35.5 Å². The summed E-state index contributed by atoms with van der Waals surface area (Å²) in [5.41, 5.74) is 1.68. The first-order valence-corrected chi connectivity index (χ1v) is 6.14. The minimum atomic E-state index is 0.0566. The lowest BCUT2D eigenvalue weighted by Gasteiger charge is -2.11. The molecule has 0 radical (unpaired) electrons. The van der Waals surface area contributed by atoms with Crippen LogP contribution in [0.1, 0.15) is 29.8 Å². The van der Waals surface area contributed by atoms with Crippen molar-refractivity contribution >= 4 is 5.78 Å². The third-order valence-corrected chi connectivity index (χ3v) is 2.52. The van der Waals surface area contributed by atoms with E-state index in [1.165, 1.54) is 0 Å². The van der Waals surface area contributed by atoms with Gasteiger partial charge in [-0.25, -0.2) is 0 Å². The molecule has 0 aliphatic heterocycles. The Kier molecular flexibility index (Phi) is 6.15. The van der Waals surface area contributed by atoms with Crippen molar-refractivity contribution in [1.29, 1.82) is 0 Å². The lowest BCUT2D eigenvalue weighted by Crippen LogP contribution is -2.08. The van der Waals surface area contributed by atoms with Gasteiger partial charge in [-0.3, -0.25) is 4.79 Å². The third-order valence-electron chi connectivity index (χ3n) is 2.52. The molecule has 98 valence electrons. The zero-order valence-corrected chi connectivity index (χ0v) is 11.1. The monoisotopic (exact) mass is 248 g/mol. The van der Waals surface area contributed by atoms with E-state index < -0.39 is 0 Å². The first-order valence-electron chi connectivity index (χ1n) is 6.14. The molecule has 0 spiro atoms. The molecule has 0 fully saturated rings. The van der Waals surface area contributed by atoms with Gasteiger partial charge >= 0.3 is 0 Å². The average molecular weight is 248 g/mol. The minimum absolute atomic E-state index is 0.0566. The van der Waals surface area contributed by atoms with Crippen LogP contribution in [-0.2, 0) is 11.2 Å². The normalized spacial score (nSPS) is 10.1. The second kappa shape index (κ2) is 7.67. The highest BCUT2D eigenvalue weighted by Gasteiger charge is 2.06. The molecular weight excluding hydrogens is 228 g/mol. The quantitative estimate of drug-likeness (QED) is 0.403. The smallest absolute Gasteiger partial charge is 0.159 e. The number of Topliss-reactive ketones (excluding diaryl/α,β-unsaturated/α-hetero) is 1. The lowest BCUT2D eigenvalue weighted by molar-refractivity contribution is 0.101. The Labute approximate surface area is 108 Å². The van der Waals surface area contributed by atoms with Crippen LogP contribution >= 0.6 is 0 Å². The number of carbonyl (C=O) groups excluding carboxylic acids is 1. The number of ether oxygens (including phenoxy) is 2. The van der Waals surface area contributed by atoms with Gasteiger partial charge in [0.2, 0.25) is 0 Å². The first-order chi connectivity index (χ1) is 8.69. The molecule has 0 N–H and O–H groups in total. The van der Waals surface area contributed by atoms with Crippen LogP contribution in [0.15, 0.2) is 30.9 Å². The predicted molar refractivity (Wildman–Crippen MR) is 72.3 cm³/mol. The Bertz CT molecular complexity index is 410. The van der Waals surface area contributed by atoms with Crippen molar-refractivity contribution in [1.82, 2.24) is 0 Å². The van der Waals surface area contributed by atoms with Gasteiger partial charge in [0.25, 0.3) is 0 Å². The van der Waals surface area contributed by atoms with E-state index in [2.05, 4.69) is 6.58 Å². The third kappa shape index (κ3) is 4.34. The fraction of sp³-hybridized carbons (Fsp3) is 0.400. The molecule has 0 heterocycles. The van der Waals surface area contributed by atoms with Gasteiger partial charge in [0.15, 0.2) is 5.78 Å². The van der Waals surface area contributed by atoms with Gasteiger partial charge in [-0.2, -0.15) is 0 Å². The van der Waals surface area contributed by atoms with Crippen molar-refractivity contribution in [3.63, 3.8) is 0 Å². The summed E-state index contributed by atoms with van der Waals surface area (Å²) in [5, 5.41) is 0. The molecular formula is C15H20O3. The second-order valence-electron chi connectivity index (χ2n) is 3.92. The number of ketones is 1. The van der Waals surface area contributed by atoms with E-state index in [9.17, 15) is 4.79 Å². The molecule has 18 heavy (non-hydrogen) atoms. The van der Waals surface area contributed by atoms with Crippen LogP contribution in [0.3, 0.4) is 0 Å². The summed E-state index contributed by atoms with van der Waals surface area (Å²) >= 11 is 0. The van der Waals surface area contributed by atoms with Gasteiger partial charge in [0.1, 0.15) is 12.4 Å². The zero-order valence-electron chi connectivity index (χ0n) is 11.1. The van der Waals surface area contributed by atoms with Crippen molar-refractivity contribution in [3.8, 4) is 5.75 Å². The predicted octanol–water partition coefficient (Wildman–Crippen LogP) is 3.03. The molecule has 1 aromatic rings. The van der Waals surface area contributed by atoms with E-state index in [4.69, 9.17) is 9.47 Å². The van der Waals surface area contributed by atoms with Crippen molar-refractivity contribution in [2.45, 2.75) is 20.3 Å². The summed E-state index contributed by atoms with van der Waals surface area (Å²) in [6.07, 6.45) is 2.49. The summed E-state index contributed by atoms with van der Waals surface area (Å²) in [4.78, 5) is 11.3. The van der Waals surface area contributed by atoms with E-state index in [0.29, 0.717) is 31.8 Å². The maximum absolute atomic E-state index is 11.3. The highest BCUT2D eigenvalue weighted by Crippen LogP contribution is 2.21.